The first-order valence-electron chi connectivity index (χ1n) is 9.13. The zero-order valence-electron chi connectivity index (χ0n) is 14.2. The highest BCUT2D eigenvalue weighted by atomic mass is 16.2. The van der Waals surface area contributed by atoms with E-state index >= 15 is 0 Å². The molecule has 0 spiro atoms. The van der Waals surface area contributed by atoms with Crippen LogP contribution in [-0.4, -0.2) is 31.4 Å². The maximum absolute atomic E-state index is 12.2. The average molecular weight is 329 g/mol. The Labute approximate surface area is 143 Å². The summed E-state index contributed by atoms with van der Waals surface area (Å²) in [6.45, 7) is 2.91. The molecule has 0 atom stereocenters. The SMILES string of the molecule is O=C(CCC1CCNCC1)Nc1cccc(N2CCCCC2=O)c1. The summed E-state index contributed by atoms with van der Waals surface area (Å²) in [6, 6.07) is 7.64. The first-order chi connectivity index (χ1) is 11.7. The molecule has 0 aromatic heterocycles. The van der Waals surface area contributed by atoms with Crippen molar-refractivity contribution in [1.82, 2.24) is 5.32 Å². The minimum absolute atomic E-state index is 0.0654. The number of anilines is 2. The van der Waals surface area contributed by atoms with Crippen molar-refractivity contribution in [2.45, 2.75) is 44.9 Å². The first kappa shape index (κ1) is 17.0. The van der Waals surface area contributed by atoms with Crippen LogP contribution in [0.15, 0.2) is 24.3 Å². The number of hydrogen-bond acceptors (Lipinski definition) is 3. The summed E-state index contributed by atoms with van der Waals surface area (Å²) in [5, 5.41) is 6.33. The van der Waals surface area contributed by atoms with Crippen LogP contribution in [0.4, 0.5) is 11.4 Å². The zero-order valence-corrected chi connectivity index (χ0v) is 14.2. The molecule has 5 heteroatoms. The normalized spacial score (nSPS) is 19.3. The van der Waals surface area contributed by atoms with E-state index in [2.05, 4.69) is 10.6 Å². The maximum Gasteiger partial charge on any atom is 0.226 e. The van der Waals surface area contributed by atoms with Crippen LogP contribution >= 0.6 is 0 Å². The Bertz CT molecular complexity index is 582. The molecule has 2 aliphatic heterocycles. The molecule has 2 amide bonds. The molecular weight excluding hydrogens is 302 g/mol. The third-order valence-corrected chi connectivity index (χ3v) is 5.00. The van der Waals surface area contributed by atoms with Crippen LogP contribution in [0.5, 0.6) is 0 Å². The van der Waals surface area contributed by atoms with E-state index in [0.29, 0.717) is 18.8 Å². The largest absolute Gasteiger partial charge is 0.326 e. The second kappa shape index (κ2) is 8.29. The summed E-state index contributed by atoms with van der Waals surface area (Å²) < 4.78 is 0. The molecule has 2 saturated heterocycles. The van der Waals surface area contributed by atoms with Gasteiger partial charge in [0.25, 0.3) is 0 Å². The first-order valence-corrected chi connectivity index (χ1v) is 9.13. The van der Waals surface area contributed by atoms with Crippen molar-refractivity contribution in [3.63, 3.8) is 0 Å². The Kier molecular flexibility index (Phi) is 5.86. The van der Waals surface area contributed by atoms with E-state index in [-0.39, 0.29) is 11.8 Å². The number of nitrogens with one attached hydrogen (secondary N) is 2. The number of rotatable bonds is 5. The van der Waals surface area contributed by atoms with Gasteiger partial charge in [-0.2, -0.15) is 0 Å². The zero-order chi connectivity index (χ0) is 16.8. The molecule has 0 radical (unpaired) electrons. The summed E-state index contributed by atoms with van der Waals surface area (Å²) in [6.07, 6.45) is 6.49. The standard InChI is InChI=1S/C19H27N3O2/c23-18(8-7-15-9-11-20-12-10-15)21-16-4-3-5-17(14-16)22-13-2-1-6-19(22)24/h3-5,14-15,20H,1-2,6-13H2,(H,21,23). The molecule has 2 N–H and O–H groups in total. The lowest BCUT2D eigenvalue weighted by atomic mass is 9.93. The van der Waals surface area contributed by atoms with Gasteiger partial charge in [0.05, 0.1) is 0 Å². The fourth-order valence-electron chi connectivity index (χ4n) is 3.56. The number of hydrogen-bond donors (Lipinski definition) is 2. The van der Waals surface area contributed by atoms with Gasteiger partial charge in [-0.25, -0.2) is 0 Å². The molecule has 3 rings (SSSR count). The van der Waals surface area contributed by atoms with Crippen LogP contribution in [0, 0.1) is 5.92 Å². The Hall–Kier alpha value is -1.88. The van der Waals surface area contributed by atoms with Gasteiger partial charge in [-0.3, -0.25) is 9.59 Å². The molecule has 24 heavy (non-hydrogen) atoms. The van der Waals surface area contributed by atoms with Crippen molar-refractivity contribution >= 4 is 23.2 Å². The lowest BCUT2D eigenvalue weighted by Crippen LogP contribution is -2.35. The minimum Gasteiger partial charge on any atom is -0.326 e. The second-order valence-corrected chi connectivity index (χ2v) is 6.83. The fraction of sp³-hybridized carbons (Fsp3) is 0.579. The van der Waals surface area contributed by atoms with Crippen molar-refractivity contribution in [3.05, 3.63) is 24.3 Å². The van der Waals surface area contributed by atoms with Crippen molar-refractivity contribution in [2.24, 2.45) is 5.92 Å². The van der Waals surface area contributed by atoms with Gasteiger partial charge in [0.1, 0.15) is 0 Å². The quantitative estimate of drug-likeness (QED) is 0.873. The highest BCUT2D eigenvalue weighted by Crippen LogP contribution is 2.24. The molecular formula is C19H27N3O2. The van der Waals surface area contributed by atoms with Crippen LogP contribution in [0.2, 0.25) is 0 Å². The number of carbonyl (C=O) groups excluding carboxylic acids is 2. The van der Waals surface area contributed by atoms with Crippen molar-refractivity contribution in [1.29, 1.82) is 0 Å². The summed E-state index contributed by atoms with van der Waals surface area (Å²) in [4.78, 5) is 26.1. The molecule has 130 valence electrons. The van der Waals surface area contributed by atoms with Gasteiger partial charge in [-0.15, -0.1) is 0 Å². The number of amides is 2. The van der Waals surface area contributed by atoms with Crippen LogP contribution < -0.4 is 15.5 Å². The van der Waals surface area contributed by atoms with E-state index in [1.54, 1.807) is 0 Å². The van der Waals surface area contributed by atoms with E-state index < -0.39 is 0 Å². The Morgan fingerprint density at radius 1 is 1.25 bits per heavy atom. The predicted molar refractivity (Wildman–Crippen MR) is 96.1 cm³/mol. The van der Waals surface area contributed by atoms with E-state index in [0.717, 1.165) is 50.3 Å². The number of carbonyl (C=O) groups is 2. The van der Waals surface area contributed by atoms with E-state index in [1.807, 2.05) is 29.2 Å². The maximum atomic E-state index is 12.2. The van der Waals surface area contributed by atoms with Crippen LogP contribution in [0.25, 0.3) is 0 Å². The van der Waals surface area contributed by atoms with Gasteiger partial charge < -0.3 is 15.5 Å². The van der Waals surface area contributed by atoms with E-state index in [9.17, 15) is 9.59 Å². The van der Waals surface area contributed by atoms with Crippen LogP contribution in [0.3, 0.4) is 0 Å². The van der Waals surface area contributed by atoms with Crippen LogP contribution in [-0.2, 0) is 9.59 Å². The van der Waals surface area contributed by atoms with Gasteiger partial charge in [0.2, 0.25) is 11.8 Å². The monoisotopic (exact) mass is 329 g/mol. The third kappa shape index (κ3) is 4.57. The number of nitrogens with zero attached hydrogens (tertiary/aromatic N) is 1. The molecule has 0 saturated carbocycles. The molecule has 2 aliphatic rings. The van der Waals surface area contributed by atoms with Crippen molar-refractivity contribution < 1.29 is 9.59 Å². The highest BCUT2D eigenvalue weighted by molar-refractivity contribution is 5.96. The van der Waals surface area contributed by atoms with Gasteiger partial charge >= 0.3 is 0 Å². The lowest BCUT2D eigenvalue weighted by molar-refractivity contribution is -0.119. The Balaban J connectivity index is 1.53. The van der Waals surface area contributed by atoms with Gasteiger partial charge in [0, 0.05) is 30.8 Å². The van der Waals surface area contributed by atoms with Crippen molar-refractivity contribution in [2.75, 3.05) is 29.9 Å². The molecule has 0 bridgehead atoms. The summed E-state index contributed by atoms with van der Waals surface area (Å²) >= 11 is 0. The predicted octanol–water partition coefficient (Wildman–Crippen LogP) is 2.92. The van der Waals surface area contributed by atoms with Gasteiger partial charge in [-0.1, -0.05) is 6.07 Å². The summed E-state index contributed by atoms with van der Waals surface area (Å²) in [5.41, 5.74) is 1.66. The molecule has 0 aliphatic carbocycles. The average Bonchev–Trinajstić information content (AvgIpc) is 2.61. The molecule has 1 aromatic carbocycles. The molecule has 5 nitrogen and oxygen atoms in total. The highest BCUT2D eigenvalue weighted by Gasteiger charge is 2.20. The Morgan fingerprint density at radius 2 is 2.08 bits per heavy atom. The van der Waals surface area contributed by atoms with Gasteiger partial charge in [-0.05, 0) is 69.3 Å². The van der Waals surface area contributed by atoms with Crippen molar-refractivity contribution in [3.8, 4) is 0 Å². The third-order valence-electron chi connectivity index (χ3n) is 5.00. The second-order valence-electron chi connectivity index (χ2n) is 6.83. The number of piperidine rings is 2. The fourth-order valence-corrected chi connectivity index (χ4v) is 3.56. The van der Waals surface area contributed by atoms with Crippen LogP contribution in [0.1, 0.15) is 44.9 Å². The number of benzene rings is 1. The van der Waals surface area contributed by atoms with Gasteiger partial charge in [0.15, 0.2) is 0 Å². The minimum atomic E-state index is 0.0654. The summed E-state index contributed by atoms with van der Waals surface area (Å²) in [5.74, 6) is 0.903. The molecule has 0 unspecified atom stereocenters. The molecule has 2 heterocycles. The topological polar surface area (TPSA) is 61.4 Å². The molecule has 1 aromatic rings. The lowest BCUT2D eigenvalue weighted by Gasteiger charge is -2.27. The van der Waals surface area contributed by atoms with E-state index in [1.165, 1.54) is 12.8 Å². The Morgan fingerprint density at radius 3 is 2.88 bits per heavy atom. The van der Waals surface area contributed by atoms with E-state index in [4.69, 9.17) is 0 Å². The summed E-state index contributed by atoms with van der Waals surface area (Å²) in [7, 11) is 0. The smallest absolute Gasteiger partial charge is 0.226 e. The molecule has 2 fully saturated rings.